The van der Waals surface area contributed by atoms with Crippen LogP contribution in [0.1, 0.15) is 11.6 Å². The van der Waals surface area contributed by atoms with Gasteiger partial charge in [0, 0.05) is 24.8 Å². The molecule has 1 saturated heterocycles. The first-order valence-electron chi connectivity index (χ1n) is 9.22. The number of hydrogen-bond donors (Lipinski definition) is 1. The fourth-order valence-corrected chi connectivity index (χ4v) is 4.53. The van der Waals surface area contributed by atoms with Gasteiger partial charge < -0.3 is 14.8 Å². The summed E-state index contributed by atoms with van der Waals surface area (Å²) in [6.07, 6.45) is 0. The number of carbonyl (C=O) groups excluding carboxylic acids is 1. The van der Waals surface area contributed by atoms with Crippen molar-refractivity contribution in [1.82, 2.24) is 4.90 Å². The third kappa shape index (κ3) is 5.45. The number of ether oxygens (including phenoxy) is 2. The summed E-state index contributed by atoms with van der Waals surface area (Å²) >= 11 is 0. The van der Waals surface area contributed by atoms with E-state index in [-0.39, 0.29) is 41.8 Å². The van der Waals surface area contributed by atoms with Crippen LogP contribution in [0.3, 0.4) is 0 Å². The van der Waals surface area contributed by atoms with Crippen LogP contribution in [0.2, 0.25) is 0 Å². The number of alkyl halides is 2. The van der Waals surface area contributed by atoms with Crippen molar-refractivity contribution in [2.75, 3.05) is 37.0 Å². The molecule has 2 aromatic rings. The van der Waals surface area contributed by atoms with Gasteiger partial charge in [0.2, 0.25) is 5.91 Å². The van der Waals surface area contributed by atoms with Gasteiger partial charge >= 0.3 is 6.61 Å². The smallest absolute Gasteiger partial charge is 0.387 e. The number of sulfone groups is 1. The highest BCUT2D eigenvalue weighted by atomic mass is 32.2. The Morgan fingerprint density at radius 2 is 1.73 bits per heavy atom. The van der Waals surface area contributed by atoms with Crippen molar-refractivity contribution in [2.24, 2.45) is 0 Å². The van der Waals surface area contributed by atoms with Crippen LogP contribution in [0.25, 0.3) is 0 Å². The molecule has 162 valence electrons. The molecule has 1 unspecified atom stereocenters. The van der Waals surface area contributed by atoms with Crippen LogP contribution in [0.4, 0.5) is 14.5 Å². The number of nitrogens with zero attached hydrogens (tertiary/aromatic N) is 1. The van der Waals surface area contributed by atoms with Gasteiger partial charge in [0.1, 0.15) is 6.04 Å². The summed E-state index contributed by atoms with van der Waals surface area (Å²) in [5, 5.41) is 2.71. The molecular weight excluding hydrogens is 418 g/mol. The van der Waals surface area contributed by atoms with Gasteiger partial charge in [0.05, 0.1) is 18.6 Å². The molecule has 0 saturated carbocycles. The Morgan fingerprint density at radius 3 is 2.33 bits per heavy atom. The first-order chi connectivity index (χ1) is 14.3. The predicted octanol–water partition coefficient (Wildman–Crippen LogP) is 2.71. The van der Waals surface area contributed by atoms with Crippen molar-refractivity contribution in [3.63, 3.8) is 0 Å². The van der Waals surface area contributed by atoms with Gasteiger partial charge in [-0.05, 0) is 17.7 Å². The van der Waals surface area contributed by atoms with Gasteiger partial charge in [0.25, 0.3) is 0 Å². The maximum atomic E-state index is 13.1. The van der Waals surface area contributed by atoms with E-state index in [1.165, 1.54) is 25.3 Å². The zero-order chi connectivity index (χ0) is 21.7. The summed E-state index contributed by atoms with van der Waals surface area (Å²) in [4.78, 5) is 14.9. The van der Waals surface area contributed by atoms with Gasteiger partial charge in [-0.3, -0.25) is 9.69 Å². The second kappa shape index (κ2) is 9.40. The van der Waals surface area contributed by atoms with Gasteiger partial charge in [-0.1, -0.05) is 30.3 Å². The first-order valence-corrected chi connectivity index (χ1v) is 11.0. The maximum absolute atomic E-state index is 13.1. The molecule has 1 N–H and O–H groups in total. The van der Waals surface area contributed by atoms with Gasteiger partial charge in [0.15, 0.2) is 21.3 Å². The summed E-state index contributed by atoms with van der Waals surface area (Å²) < 4.78 is 58.4. The number of anilines is 1. The quantitative estimate of drug-likeness (QED) is 0.713. The molecule has 0 bridgehead atoms. The Kier molecular flexibility index (Phi) is 6.88. The molecule has 0 aromatic heterocycles. The maximum Gasteiger partial charge on any atom is 0.387 e. The van der Waals surface area contributed by atoms with Crippen molar-refractivity contribution in [1.29, 1.82) is 0 Å². The Hall–Kier alpha value is -2.72. The largest absolute Gasteiger partial charge is 0.493 e. The molecule has 1 aliphatic heterocycles. The van der Waals surface area contributed by atoms with Crippen LogP contribution in [-0.4, -0.2) is 57.5 Å². The normalized spacial score (nSPS) is 17.3. The Bertz CT molecular complexity index is 972. The minimum absolute atomic E-state index is 0.0292. The molecule has 1 atom stereocenters. The van der Waals surface area contributed by atoms with Gasteiger partial charge in [-0.2, -0.15) is 8.78 Å². The van der Waals surface area contributed by atoms with Crippen molar-refractivity contribution < 1.29 is 31.5 Å². The zero-order valence-corrected chi connectivity index (χ0v) is 17.1. The first kappa shape index (κ1) is 22.0. The van der Waals surface area contributed by atoms with Crippen LogP contribution in [0, 0.1) is 0 Å². The van der Waals surface area contributed by atoms with Crippen molar-refractivity contribution in [2.45, 2.75) is 12.7 Å². The Labute approximate surface area is 173 Å². The Balaban J connectivity index is 1.85. The third-order valence-corrected chi connectivity index (χ3v) is 6.36. The van der Waals surface area contributed by atoms with E-state index in [1.807, 2.05) is 6.07 Å². The van der Waals surface area contributed by atoms with E-state index < -0.39 is 28.4 Å². The molecular formula is C20H22F2N2O5S. The number of methoxy groups -OCH3 is 1. The van der Waals surface area contributed by atoms with Crippen LogP contribution >= 0.6 is 0 Å². The predicted molar refractivity (Wildman–Crippen MR) is 108 cm³/mol. The molecule has 1 heterocycles. The minimum Gasteiger partial charge on any atom is -0.493 e. The van der Waals surface area contributed by atoms with E-state index in [2.05, 4.69) is 10.1 Å². The van der Waals surface area contributed by atoms with Gasteiger partial charge in [-0.25, -0.2) is 8.42 Å². The molecule has 10 heteroatoms. The molecule has 0 spiro atoms. The van der Waals surface area contributed by atoms with Crippen molar-refractivity contribution in [3.8, 4) is 11.5 Å². The summed E-state index contributed by atoms with van der Waals surface area (Å²) in [6, 6.07) is 12.4. The summed E-state index contributed by atoms with van der Waals surface area (Å²) in [7, 11) is -1.79. The highest BCUT2D eigenvalue weighted by molar-refractivity contribution is 7.91. The Morgan fingerprint density at radius 1 is 1.07 bits per heavy atom. The zero-order valence-electron chi connectivity index (χ0n) is 16.3. The number of amides is 1. The van der Waals surface area contributed by atoms with Crippen molar-refractivity contribution in [3.05, 3.63) is 54.1 Å². The van der Waals surface area contributed by atoms with E-state index >= 15 is 0 Å². The SMILES string of the molecule is COc1ccc(NC(=O)C(c2ccccc2)N2CCS(=O)(=O)CC2)cc1OC(F)F. The van der Waals surface area contributed by atoms with Crippen LogP contribution in [0.15, 0.2) is 48.5 Å². The van der Waals surface area contributed by atoms with E-state index in [9.17, 15) is 22.0 Å². The van der Waals surface area contributed by atoms with Crippen LogP contribution in [-0.2, 0) is 14.6 Å². The third-order valence-electron chi connectivity index (χ3n) is 4.76. The lowest BCUT2D eigenvalue weighted by Crippen LogP contribution is -2.46. The van der Waals surface area contributed by atoms with Gasteiger partial charge in [-0.15, -0.1) is 0 Å². The summed E-state index contributed by atoms with van der Waals surface area (Å²) in [5.41, 5.74) is 0.953. The van der Waals surface area contributed by atoms with E-state index in [0.29, 0.717) is 5.56 Å². The molecule has 0 radical (unpaired) electrons. The van der Waals surface area contributed by atoms with Crippen molar-refractivity contribution >= 4 is 21.4 Å². The fraction of sp³-hybridized carbons (Fsp3) is 0.350. The number of nitrogens with one attached hydrogen (secondary N) is 1. The lowest BCUT2D eigenvalue weighted by Gasteiger charge is -2.33. The number of carbonyl (C=O) groups is 1. The lowest BCUT2D eigenvalue weighted by molar-refractivity contribution is -0.121. The number of benzene rings is 2. The van der Waals surface area contributed by atoms with E-state index in [1.54, 1.807) is 29.2 Å². The summed E-state index contributed by atoms with van der Waals surface area (Å²) in [6.45, 7) is -2.60. The molecule has 3 rings (SSSR count). The molecule has 1 amide bonds. The minimum atomic E-state index is -3.12. The average Bonchev–Trinajstić information content (AvgIpc) is 2.70. The van der Waals surface area contributed by atoms with Crippen LogP contribution < -0.4 is 14.8 Å². The van der Waals surface area contributed by atoms with Crippen LogP contribution in [0.5, 0.6) is 11.5 Å². The monoisotopic (exact) mass is 440 g/mol. The van der Waals surface area contributed by atoms with E-state index in [4.69, 9.17) is 4.74 Å². The molecule has 1 aliphatic rings. The molecule has 30 heavy (non-hydrogen) atoms. The second-order valence-corrected chi connectivity index (χ2v) is 9.04. The number of rotatable bonds is 7. The lowest BCUT2D eigenvalue weighted by atomic mass is 10.0. The van der Waals surface area contributed by atoms with E-state index in [0.717, 1.165) is 0 Å². The number of hydrogen-bond acceptors (Lipinski definition) is 6. The summed E-state index contributed by atoms with van der Waals surface area (Å²) in [5.74, 6) is -0.565. The highest BCUT2D eigenvalue weighted by Crippen LogP contribution is 2.32. The average molecular weight is 440 g/mol. The fourth-order valence-electron chi connectivity index (χ4n) is 3.30. The second-order valence-electron chi connectivity index (χ2n) is 6.73. The molecule has 1 fully saturated rings. The molecule has 0 aliphatic carbocycles. The topological polar surface area (TPSA) is 84.9 Å². The molecule has 2 aromatic carbocycles. The highest BCUT2D eigenvalue weighted by Gasteiger charge is 2.32. The molecule has 7 nitrogen and oxygen atoms in total. The number of halogens is 2. The standard InChI is InChI=1S/C20H22F2N2O5S/c1-28-16-8-7-15(13-17(16)29-20(21)22)23-19(25)18(14-5-3-2-4-6-14)24-9-11-30(26,27)12-10-24/h2-8,13,18,20H,9-12H2,1H3,(H,23,25).